The van der Waals surface area contributed by atoms with Crippen LogP contribution in [-0.4, -0.2) is 78.4 Å². The summed E-state index contributed by atoms with van der Waals surface area (Å²) in [5, 5.41) is 28.7. The van der Waals surface area contributed by atoms with Gasteiger partial charge in [-0.1, -0.05) is 5.92 Å². The van der Waals surface area contributed by atoms with Crippen LogP contribution in [0.2, 0.25) is 0 Å². The largest absolute Gasteiger partial charge is 0.394 e. The summed E-state index contributed by atoms with van der Waals surface area (Å²) in [5.41, 5.74) is 6.33. The van der Waals surface area contributed by atoms with Crippen LogP contribution in [0.25, 0.3) is 22.3 Å². The topological polar surface area (TPSA) is 201 Å². The predicted molar refractivity (Wildman–Crippen MR) is 122 cm³/mol. The maximum absolute atomic E-state index is 12.0. The van der Waals surface area contributed by atoms with Crippen molar-refractivity contribution >= 4 is 28.1 Å². The van der Waals surface area contributed by atoms with E-state index < -0.39 is 42.4 Å². The van der Waals surface area contributed by atoms with Gasteiger partial charge in [0.1, 0.15) is 30.2 Å². The lowest BCUT2D eigenvalue weighted by Gasteiger charge is -2.16. The summed E-state index contributed by atoms with van der Waals surface area (Å²) in [5.74, 6) is 2.51. The lowest BCUT2D eigenvalue weighted by atomic mass is 10.1. The number of nitrogen functional groups attached to an aromatic ring is 1. The normalized spacial score (nSPS) is 21.7. The molecule has 15 heteroatoms. The highest BCUT2D eigenvalue weighted by Gasteiger charge is 2.43. The molecule has 35 heavy (non-hydrogen) atoms. The Morgan fingerprint density at radius 1 is 1.11 bits per heavy atom. The summed E-state index contributed by atoms with van der Waals surface area (Å²) in [6, 6.07) is 0. The molecule has 0 aliphatic carbocycles. The van der Waals surface area contributed by atoms with Gasteiger partial charge in [-0.25, -0.2) is 29.3 Å². The van der Waals surface area contributed by atoms with Gasteiger partial charge in [0.2, 0.25) is 0 Å². The molecule has 5 N–H and O–H groups in total. The number of nitrogens with zero attached hydrogens (tertiary/aromatic N) is 8. The van der Waals surface area contributed by atoms with Gasteiger partial charge in [0.05, 0.1) is 25.8 Å². The first-order valence-corrected chi connectivity index (χ1v) is 10.3. The fourth-order valence-electron chi connectivity index (χ4n) is 3.79. The van der Waals surface area contributed by atoms with Gasteiger partial charge in [-0.2, -0.15) is 0 Å². The molecule has 4 atom stereocenters. The predicted octanol–water partition coefficient (Wildman–Crippen LogP) is -2.91. The van der Waals surface area contributed by atoms with Crippen LogP contribution in [0.3, 0.4) is 0 Å². The molecular weight excluding hydrogens is 462 g/mol. The monoisotopic (exact) mass is 485 g/mol. The number of aliphatic hydroxyl groups excluding tert-OH is 3. The van der Waals surface area contributed by atoms with E-state index in [1.807, 2.05) is 0 Å². The molecule has 4 aromatic rings. The Labute approximate surface area is 196 Å². The minimum Gasteiger partial charge on any atom is -0.394 e. The number of aliphatic hydroxyl groups is 3. The number of imidazole rings is 2. The van der Waals surface area contributed by atoms with Crippen molar-refractivity contribution in [1.82, 2.24) is 38.2 Å². The van der Waals surface area contributed by atoms with Gasteiger partial charge in [0.15, 0.2) is 28.9 Å². The smallest absolute Gasteiger partial charge is 0.333 e. The van der Waals surface area contributed by atoms with Crippen molar-refractivity contribution in [2.75, 3.05) is 12.3 Å². The van der Waals surface area contributed by atoms with E-state index in [1.165, 1.54) is 28.1 Å². The van der Waals surface area contributed by atoms with E-state index >= 15 is 0 Å². The Kier molecular flexibility index (Phi) is 6.37. The van der Waals surface area contributed by atoms with Crippen molar-refractivity contribution in [3.05, 3.63) is 39.8 Å². The van der Waals surface area contributed by atoms with E-state index in [-0.39, 0.29) is 12.4 Å². The highest BCUT2D eigenvalue weighted by molar-refractivity contribution is 5.81. The molecule has 0 saturated carbocycles. The molecule has 15 nitrogen and oxygen atoms in total. The Bertz CT molecular complexity index is 1540. The van der Waals surface area contributed by atoms with Gasteiger partial charge in [0, 0.05) is 14.1 Å². The lowest BCUT2D eigenvalue weighted by molar-refractivity contribution is -0.0511. The van der Waals surface area contributed by atoms with Crippen molar-refractivity contribution in [1.29, 1.82) is 0 Å². The van der Waals surface area contributed by atoms with Crippen LogP contribution in [0.4, 0.5) is 5.82 Å². The van der Waals surface area contributed by atoms with E-state index in [2.05, 4.69) is 25.9 Å². The zero-order valence-corrected chi connectivity index (χ0v) is 18.8. The second-order valence-electron chi connectivity index (χ2n) is 7.78. The van der Waals surface area contributed by atoms with Gasteiger partial charge in [-0.05, 0) is 0 Å². The maximum Gasteiger partial charge on any atom is 0.333 e. The quantitative estimate of drug-likeness (QED) is 0.217. The average molecular weight is 485 g/mol. The Hall–Kier alpha value is -4.10. The molecule has 1 aliphatic heterocycles. The first kappa shape index (κ1) is 24.0. The molecule has 0 unspecified atom stereocenters. The number of terminal acetylenes is 1. The lowest BCUT2D eigenvalue weighted by Crippen LogP contribution is -2.39. The molecule has 0 amide bonds. The molecule has 1 fully saturated rings. The second kappa shape index (κ2) is 9.27. The molecule has 0 aromatic carbocycles. The first-order chi connectivity index (χ1) is 16.7. The van der Waals surface area contributed by atoms with Crippen LogP contribution in [-0.2, 0) is 25.4 Å². The average Bonchev–Trinajstić information content (AvgIpc) is 3.52. The van der Waals surface area contributed by atoms with E-state index in [4.69, 9.17) is 22.0 Å². The summed E-state index contributed by atoms with van der Waals surface area (Å²) in [6.45, 7) is -0.425. The standard InChI is InChI=1S/C10H13N5O4.C10H10N4O2/c11-8-5-9(13-2-12-8)15(3-14-5)10-7(18)6(17)4(1-16)19-10;1-4-5-14-9(15)7-8(11-6-12(7)2)13(3)10(14)16/h2-4,6-7,10,16-18H,1H2,(H2,11,12,13);1,6H,5H2,2-3H3/t4-,6-,7-,10-;/m1./s1. The van der Waals surface area contributed by atoms with Crippen LogP contribution in [0, 0.1) is 12.3 Å². The molecule has 0 spiro atoms. The number of fused-ring (bicyclic) bond motifs is 2. The zero-order valence-electron chi connectivity index (χ0n) is 18.8. The number of ether oxygens (including phenoxy) is 1. The molecule has 0 radical (unpaired) electrons. The zero-order chi connectivity index (χ0) is 25.4. The van der Waals surface area contributed by atoms with E-state index in [0.29, 0.717) is 22.3 Å². The molecule has 184 valence electrons. The number of aryl methyl sites for hydroxylation is 2. The molecule has 1 saturated heterocycles. The minimum atomic E-state index is -1.19. The maximum atomic E-state index is 12.0. The minimum absolute atomic E-state index is 0.0351. The van der Waals surface area contributed by atoms with Crippen molar-refractivity contribution in [3.63, 3.8) is 0 Å². The molecular formula is C20H23N9O6. The van der Waals surface area contributed by atoms with E-state index in [9.17, 15) is 19.8 Å². The van der Waals surface area contributed by atoms with Crippen LogP contribution in [0.1, 0.15) is 6.23 Å². The highest BCUT2D eigenvalue weighted by Crippen LogP contribution is 2.31. The van der Waals surface area contributed by atoms with Gasteiger partial charge >= 0.3 is 5.69 Å². The third-order valence-corrected chi connectivity index (χ3v) is 5.63. The molecule has 5 heterocycles. The number of rotatable bonds is 3. The number of nitrogens with two attached hydrogens (primary N) is 1. The number of hydrogen-bond donors (Lipinski definition) is 4. The highest BCUT2D eigenvalue weighted by atomic mass is 16.6. The third-order valence-electron chi connectivity index (χ3n) is 5.63. The summed E-state index contributed by atoms with van der Waals surface area (Å²) in [6.07, 6.45) is 5.19. The van der Waals surface area contributed by atoms with Gasteiger partial charge in [0.25, 0.3) is 5.56 Å². The molecule has 1 aliphatic rings. The third kappa shape index (κ3) is 3.94. The summed E-state index contributed by atoms with van der Waals surface area (Å²) in [7, 11) is 3.26. The van der Waals surface area contributed by atoms with Crippen LogP contribution < -0.4 is 17.0 Å². The van der Waals surface area contributed by atoms with Crippen LogP contribution in [0.5, 0.6) is 0 Å². The molecule has 4 aromatic heterocycles. The number of hydrogen-bond acceptors (Lipinski definition) is 11. The van der Waals surface area contributed by atoms with Gasteiger partial charge < -0.3 is 30.4 Å². The fraction of sp³-hybridized carbons (Fsp3) is 0.400. The van der Waals surface area contributed by atoms with Crippen molar-refractivity contribution in [2.24, 2.45) is 14.1 Å². The van der Waals surface area contributed by atoms with Gasteiger partial charge in [-0.3, -0.25) is 13.9 Å². The Balaban J connectivity index is 0.000000168. The molecule has 5 rings (SSSR count). The van der Waals surface area contributed by atoms with E-state index in [0.717, 1.165) is 4.57 Å². The number of aromatic nitrogens is 8. The first-order valence-electron chi connectivity index (χ1n) is 10.3. The number of anilines is 1. The van der Waals surface area contributed by atoms with Crippen molar-refractivity contribution < 1.29 is 20.1 Å². The fourth-order valence-corrected chi connectivity index (χ4v) is 3.79. The van der Waals surface area contributed by atoms with Crippen LogP contribution >= 0.6 is 0 Å². The Morgan fingerprint density at radius 2 is 1.86 bits per heavy atom. The summed E-state index contributed by atoms with van der Waals surface area (Å²) in [4.78, 5) is 39.6. The van der Waals surface area contributed by atoms with E-state index in [1.54, 1.807) is 18.7 Å². The van der Waals surface area contributed by atoms with Crippen molar-refractivity contribution in [3.8, 4) is 12.3 Å². The Morgan fingerprint density at radius 3 is 2.51 bits per heavy atom. The van der Waals surface area contributed by atoms with Crippen molar-refractivity contribution in [2.45, 2.75) is 31.1 Å². The van der Waals surface area contributed by atoms with Crippen LogP contribution in [0.15, 0.2) is 28.6 Å². The summed E-state index contributed by atoms with van der Waals surface area (Å²) >= 11 is 0. The van der Waals surface area contributed by atoms with Gasteiger partial charge in [-0.15, -0.1) is 6.42 Å². The molecule has 0 bridgehead atoms. The second-order valence-corrected chi connectivity index (χ2v) is 7.78. The SMILES string of the molecule is C#CCn1c(=O)c2c(ncn2C)n(C)c1=O.Nc1ncnc2c1ncn2[C@@H]1O[C@H](CO)[C@@H](O)[C@H]1O. The summed E-state index contributed by atoms with van der Waals surface area (Å²) < 4.78 is 10.8.